The molecule has 0 aliphatic rings. The maximum Gasteiger partial charge on any atom is 0.257 e. The van der Waals surface area contributed by atoms with Crippen LogP contribution in [0.5, 0.6) is 0 Å². The number of fused-ring (bicyclic) bond motifs is 1. The number of hydrogen-bond donors (Lipinski definition) is 1. The van der Waals surface area contributed by atoms with Crippen molar-refractivity contribution in [1.82, 2.24) is 4.98 Å². The van der Waals surface area contributed by atoms with Crippen molar-refractivity contribution in [2.24, 2.45) is 0 Å². The lowest BCUT2D eigenvalue weighted by Crippen LogP contribution is -2.15. The zero-order chi connectivity index (χ0) is 17.3. The third-order valence-corrected chi connectivity index (χ3v) is 4.66. The quantitative estimate of drug-likeness (QED) is 0.655. The van der Waals surface area contributed by atoms with Crippen molar-refractivity contribution in [2.75, 3.05) is 11.1 Å². The van der Waals surface area contributed by atoms with E-state index in [0.717, 1.165) is 16.8 Å². The molecule has 6 heteroatoms. The molecular weight excluding hydrogens is 344 g/mol. The van der Waals surface area contributed by atoms with Crippen LogP contribution in [0.15, 0.2) is 40.0 Å². The smallest absolute Gasteiger partial charge is 0.257 e. The van der Waals surface area contributed by atoms with Gasteiger partial charge in [-0.15, -0.1) is 0 Å². The molecule has 0 saturated heterocycles. The van der Waals surface area contributed by atoms with Crippen LogP contribution < -0.4 is 5.32 Å². The number of rotatable bonds is 4. The Morgan fingerprint density at radius 2 is 1.92 bits per heavy atom. The number of thioether (sulfide) groups is 1. The Morgan fingerprint density at radius 1 is 1.21 bits per heavy atom. The Kier molecular flexibility index (Phi) is 4.83. The Balaban J connectivity index is 1.67. The first-order chi connectivity index (χ1) is 11.4. The highest BCUT2D eigenvalue weighted by Crippen LogP contribution is 2.26. The molecule has 3 rings (SSSR count). The summed E-state index contributed by atoms with van der Waals surface area (Å²) in [7, 11) is 0. The normalized spacial score (nSPS) is 11.0. The van der Waals surface area contributed by atoms with Gasteiger partial charge < -0.3 is 9.73 Å². The first-order valence-corrected chi connectivity index (χ1v) is 8.85. The van der Waals surface area contributed by atoms with Crippen LogP contribution in [0.3, 0.4) is 0 Å². The average molecular weight is 361 g/mol. The van der Waals surface area contributed by atoms with Gasteiger partial charge in [0.2, 0.25) is 5.91 Å². The standard InChI is InChI=1S/C18H17ClN2O2S/c1-10-6-11(2)17(12(3)7-10)21-16(22)9-24-18-20-14-8-13(19)4-5-15(14)23-18/h4-8H,9H2,1-3H3,(H,21,22). The van der Waals surface area contributed by atoms with Crippen molar-refractivity contribution in [3.63, 3.8) is 0 Å². The third-order valence-electron chi connectivity index (χ3n) is 3.60. The average Bonchev–Trinajstić information content (AvgIpc) is 2.90. The lowest BCUT2D eigenvalue weighted by atomic mass is 10.1. The van der Waals surface area contributed by atoms with E-state index < -0.39 is 0 Å². The molecule has 124 valence electrons. The monoisotopic (exact) mass is 360 g/mol. The first-order valence-electron chi connectivity index (χ1n) is 7.49. The number of carbonyl (C=O) groups is 1. The van der Waals surface area contributed by atoms with E-state index in [4.69, 9.17) is 16.0 Å². The fraction of sp³-hybridized carbons (Fsp3) is 0.222. The number of amides is 1. The van der Waals surface area contributed by atoms with Gasteiger partial charge in [0.25, 0.3) is 5.22 Å². The van der Waals surface area contributed by atoms with E-state index in [1.807, 2.05) is 20.8 Å². The van der Waals surface area contributed by atoms with Gasteiger partial charge in [0, 0.05) is 10.7 Å². The molecule has 3 aromatic rings. The van der Waals surface area contributed by atoms with E-state index in [1.165, 1.54) is 17.3 Å². The summed E-state index contributed by atoms with van der Waals surface area (Å²) < 4.78 is 5.60. The van der Waals surface area contributed by atoms with Gasteiger partial charge >= 0.3 is 0 Å². The van der Waals surface area contributed by atoms with Crippen LogP contribution in [-0.4, -0.2) is 16.6 Å². The molecule has 1 amide bonds. The molecule has 0 spiro atoms. The van der Waals surface area contributed by atoms with Crippen molar-refractivity contribution in [2.45, 2.75) is 26.0 Å². The van der Waals surface area contributed by atoms with Crippen LogP contribution >= 0.6 is 23.4 Å². The largest absolute Gasteiger partial charge is 0.431 e. The lowest BCUT2D eigenvalue weighted by Gasteiger charge is -2.12. The molecule has 24 heavy (non-hydrogen) atoms. The van der Waals surface area contributed by atoms with Gasteiger partial charge in [-0.25, -0.2) is 4.98 Å². The summed E-state index contributed by atoms with van der Waals surface area (Å²) >= 11 is 7.20. The zero-order valence-electron chi connectivity index (χ0n) is 13.6. The Morgan fingerprint density at radius 3 is 2.62 bits per heavy atom. The SMILES string of the molecule is Cc1cc(C)c(NC(=O)CSc2nc3cc(Cl)ccc3o2)c(C)c1. The molecular formula is C18H17ClN2O2S. The second-order valence-corrected chi connectivity index (χ2v) is 7.07. The summed E-state index contributed by atoms with van der Waals surface area (Å²) in [6, 6.07) is 9.37. The van der Waals surface area contributed by atoms with Crippen LogP contribution in [0.25, 0.3) is 11.1 Å². The van der Waals surface area contributed by atoms with Gasteiger partial charge in [-0.1, -0.05) is 41.1 Å². The molecule has 0 fully saturated rings. The van der Waals surface area contributed by atoms with Crippen molar-refractivity contribution in [3.05, 3.63) is 52.0 Å². The van der Waals surface area contributed by atoms with Gasteiger partial charge in [0.1, 0.15) is 5.52 Å². The second-order valence-electron chi connectivity index (χ2n) is 5.70. The number of aryl methyl sites for hydroxylation is 3. The fourth-order valence-corrected chi connectivity index (χ4v) is 3.43. The molecule has 1 heterocycles. The summed E-state index contributed by atoms with van der Waals surface area (Å²) in [6.45, 7) is 6.03. The minimum absolute atomic E-state index is 0.0876. The molecule has 2 aromatic carbocycles. The number of hydrogen-bond acceptors (Lipinski definition) is 4. The molecule has 0 atom stereocenters. The van der Waals surface area contributed by atoms with Gasteiger partial charge in [-0.3, -0.25) is 4.79 Å². The molecule has 0 unspecified atom stereocenters. The van der Waals surface area contributed by atoms with Crippen LogP contribution in [0.1, 0.15) is 16.7 Å². The molecule has 0 aliphatic carbocycles. The van der Waals surface area contributed by atoms with Crippen LogP contribution in [-0.2, 0) is 4.79 Å². The maximum atomic E-state index is 12.2. The van der Waals surface area contributed by atoms with Crippen molar-refractivity contribution >= 4 is 46.1 Å². The van der Waals surface area contributed by atoms with E-state index in [1.54, 1.807) is 18.2 Å². The lowest BCUT2D eigenvalue weighted by molar-refractivity contribution is -0.113. The third kappa shape index (κ3) is 3.74. The number of oxazole rings is 1. The molecule has 1 aromatic heterocycles. The Bertz CT molecular complexity index is 898. The zero-order valence-corrected chi connectivity index (χ0v) is 15.2. The van der Waals surface area contributed by atoms with Crippen LogP contribution in [0, 0.1) is 20.8 Å². The summed E-state index contributed by atoms with van der Waals surface area (Å²) in [5.41, 5.74) is 5.52. The summed E-state index contributed by atoms with van der Waals surface area (Å²) in [5, 5.41) is 4.03. The first kappa shape index (κ1) is 16.9. The number of halogens is 1. The molecule has 4 nitrogen and oxygen atoms in total. The number of nitrogens with one attached hydrogen (secondary N) is 1. The fourth-order valence-electron chi connectivity index (χ4n) is 2.62. The number of anilines is 1. The number of benzene rings is 2. The summed E-state index contributed by atoms with van der Waals surface area (Å²) in [6.07, 6.45) is 0. The Hall–Kier alpha value is -1.98. The minimum atomic E-state index is -0.0876. The topological polar surface area (TPSA) is 55.1 Å². The predicted octanol–water partition coefficient (Wildman–Crippen LogP) is 5.14. The van der Waals surface area contributed by atoms with Crippen LogP contribution in [0.4, 0.5) is 5.69 Å². The Labute approximate surface area is 149 Å². The highest BCUT2D eigenvalue weighted by Gasteiger charge is 2.12. The highest BCUT2D eigenvalue weighted by atomic mass is 35.5. The van der Waals surface area contributed by atoms with Crippen molar-refractivity contribution < 1.29 is 9.21 Å². The minimum Gasteiger partial charge on any atom is -0.431 e. The molecule has 0 aliphatic heterocycles. The number of carbonyl (C=O) groups excluding carboxylic acids is 1. The predicted molar refractivity (Wildman–Crippen MR) is 99.0 cm³/mol. The van der Waals surface area contributed by atoms with Gasteiger partial charge in [-0.2, -0.15) is 0 Å². The second kappa shape index (κ2) is 6.87. The number of nitrogens with zero attached hydrogens (tertiary/aromatic N) is 1. The van der Waals surface area contributed by atoms with Crippen molar-refractivity contribution in [1.29, 1.82) is 0 Å². The van der Waals surface area contributed by atoms with Crippen LogP contribution in [0.2, 0.25) is 5.02 Å². The molecule has 0 bridgehead atoms. The van der Waals surface area contributed by atoms with Gasteiger partial charge in [-0.05, 0) is 50.1 Å². The van der Waals surface area contributed by atoms with Gasteiger partial charge in [0.05, 0.1) is 5.75 Å². The van der Waals surface area contributed by atoms with E-state index in [-0.39, 0.29) is 11.7 Å². The van der Waals surface area contributed by atoms with E-state index in [2.05, 4.69) is 22.4 Å². The highest BCUT2D eigenvalue weighted by molar-refractivity contribution is 7.99. The summed E-state index contributed by atoms with van der Waals surface area (Å²) in [4.78, 5) is 16.6. The van der Waals surface area contributed by atoms with E-state index in [0.29, 0.717) is 21.3 Å². The van der Waals surface area contributed by atoms with Gasteiger partial charge in [0.15, 0.2) is 5.58 Å². The maximum absolute atomic E-state index is 12.2. The van der Waals surface area contributed by atoms with E-state index >= 15 is 0 Å². The van der Waals surface area contributed by atoms with Crippen molar-refractivity contribution in [3.8, 4) is 0 Å². The molecule has 1 N–H and O–H groups in total. The molecule has 0 saturated carbocycles. The molecule has 0 radical (unpaired) electrons. The number of aromatic nitrogens is 1. The summed E-state index contributed by atoms with van der Waals surface area (Å²) in [5.74, 6) is 0.142. The van der Waals surface area contributed by atoms with E-state index in [9.17, 15) is 4.79 Å².